The van der Waals surface area contributed by atoms with E-state index in [0.29, 0.717) is 23.3 Å². The van der Waals surface area contributed by atoms with Crippen LogP contribution < -0.4 is 11.1 Å². The number of nitrogens with two attached hydrogens (primary N) is 1. The quantitative estimate of drug-likeness (QED) is 0.812. The zero-order valence-electron chi connectivity index (χ0n) is 13.6. The van der Waals surface area contributed by atoms with Gasteiger partial charge in [0, 0.05) is 11.6 Å². The first-order valence-electron chi connectivity index (χ1n) is 7.56. The van der Waals surface area contributed by atoms with E-state index in [1.165, 1.54) is 12.1 Å². The molecule has 7 heteroatoms. The Morgan fingerprint density at radius 2 is 1.52 bits per heavy atom. The van der Waals surface area contributed by atoms with Gasteiger partial charge in [-0.3, -0.25) is 9.59 Å². The van der Waals surface area contributed by atoms with Crippen molar-refractivity contribution in [3.63, 3.8) is 0 Å². The first-order chi connectivity index (χ1) is 11.7. The summed E-state index contributed by atoms with van der Waals surface area (Å²) in [5, 5.41) is 2.60. The SMILES string of the molecule is CC(C)C(NC(=O)c1cc(F)c(F)cc1F)c1ccc(C(N)=O)cc1. The fraction of sp³-hybridized carbons (Fsp3) is 0.222. The summed E-state index contributed by atoms with van der Waals surface area (Å²) < 4.78 is 40.0. The summed E-state index contributed by atoms with van der Waals surface area (Å²) in [4.78, 5) is 23.4. The van der Waals surface area contributed by atoms with Crippen LogP contribution in [0.25, 0.3) is 0 Å². The van der Waals surface area contributed by atoms with Gasteiger partial charge in [-0.15, -0.1) is 0 Å². The number of carbonyl (C=O) groups excluding carboxylic acids is 2. The fourth-order valence-corrected chi connectivity index (χ4v) is 2.41. The number of rotatable bonds is 5. The van der Waals surface area contributed by atoms with Crippen molar-refractivity contribution in [1.82, 2.24) is 5.32 Å². The molecule has 2 amide bonds. The molecule has 2 rings (SSSR count). The number of amides is 2. The lowest BCUT2D eigenvalue weighted by molar-refractivity contribution is 0.0919. The molecule has 0 bridgehead atoms. The van der Waals surface area contributed by atoms with Crippen LogP contribution in [-0.2, 0) is 0 Å². The summed E-state index contributed by atoms with van der Waals surface area (Å²) in [6.45, 7) is 3.66. The van der Waals surface area contributed by atoms with Gasteiger partial charge in [-0.2, -0.15) is 0 Å². The number of carbonyl (C=O) groups is 2. The number of halogens is 3. The predicted octanol–water partition coefficient (Wildman–Crippen LogP) is 3.33. The molecule has 0 aliphatic carbocycles. The van der Waals surface area contributed by atoms with E-state index in [1.54, 1.807) is 12.1 Å². The fourth-order valence-electron chi connectivity index (χ4n) is 2.41. The summed E-state index contributed by atoms with van der Waals surface area (Å²) in [5.74, 6) is -5.36. The molecule has 1 atom stereocenters. The molecule has 0 aliphatic rings. The van der Waals surface area contributed by atoms with Gasteiger partial charge in [-0.25, -0.2) is 13.2 Å². The number of nitrogens with one attached hydrogen (secondary N) is 1. The molecule has 0 spiro atoms. The number of hydrogen-bond donors (Lipinski definition) is 2. The van der Waals surface area contributed by atoms with Gasteiger partial charge in [0.25, 0.3) is 5.91 Å². The van der Waals surface area contributed by atoms with E-state index >= 15 is 0 Å². The van der Waals surface area contributed by atoms with Crippen LogP contribution in [0.3, 0.4) is 0 Å². The second-order valence-electron chi connectivity index (χ2n) is 5.93. The number of primary amides is 1. The molecular formula is C18H17F3N2O2. The van der Waals surface area contributed by atoms with Crippen LogP contribution in [0.15, 0.2) is 36.4 Å². The minimum atomic E-state index is -1.36. The maximum absolute atomic E-state index is 13.8. The summed E-state index contributed by atoms with van der Waals surface area (Å²) in [7, 11) is 0. The number of hydrogen-bond acceptors (Lipinski definition) is 2. The van der Waals surface area contributed by atoms with E-state index < -0.39 is 40.9 Å². The van der Waals surface area contributed by atoms with Crippen LogP contribution in [-0.4, -0.2) is 11.8 Å². The molecule has 0 radical (unpaired) electrons. The monoisotopic (exact) mass is 350 g/mol. The van der Waals surface area contributed by atoms with Crippen molar-refractivity contribution in [3.05, 3.63) is 70.5 Å². The molecule has 3 N–H and O–H groups in total. The normalized spacial score (nSPS) is 12.1. The zero-order valence-corrected chi connectivity index (χ0v) is 13.6. The molecule has 0 heterocycles. The first-order valence-corrected chi connectivity index (χ1v) is 7.56. The van der Waals surface area contributed by atoms with Gasteiger partial charge in [0.05, 0.1) is 11.6 Å². The smallest absolute Gasteiger partial charge is 0.254 e. The molecule has 0 saturated heterocycles. The van der Waals surface area contributed by atoms with Gasteiger partial charge >= 0.3 is 0 Å². The van der Waals surface area contributed by atoms with Crippen LogP contribution in [0.4, 0.5) is 13.2 Å². The second kappa shape index (κ2) is 7.38. The minimum Gasteiger partial charge on any atom is -0.366 e. The average Bonchev–Trinajstić information content (AvgIpc) is 2.55. The highest BCUT2D eigenvalue weighted by Gasteiger charge is 2.22. The lowest BCUT2D eigenvalue weighted by Crippen LogP contribution is -2.32. The van der Waals surface area contributed by atoms with Crippen LogP contribution in [0, 0.1) is 23.4 Å². The van der Waals surface area contributed by atoms with Gasteiger partial charge in [-0.1, -0.05) is 26.0 Å². The lowest BCUT2D eigenvalue weighted by Gasteiger charge is -2.23. The highest BCUT2D eigenvalue weighted by atomic mass is 19.2. The molecule has 0 saturated carbocycles. The Morgan fingerprint density at radius 3 is 2.04 bits per heavy atom. The highest BCUT2D eigenvalue weighted by Crippen LogP contribution is 2.23. The van der Waals surface area contributed by atoms with Crippen LogP contribution in [0.2, 0.25) is 0 Å². The molecule has 0 aromatic heterocycles. The first kappa shape index (κ1) is 18.5. The highest BCUT2D eigenvalue weighted by molar-refractivity contribution is 5.95. The zero-order chi connectivity index (χ0) is 18.7. The number of benzene rings is 2. The van der Waals surface area contributed by atoms with Crippen molar-refractivity contribution in [3.8, 4) is 0 Å². The third kappa shape index (κ3) is 4.17. The summed E-state index contributed by atoms with van der Waals surface area (Å²) >= 11 is 0. The van der Waals surface area contributed by atoms with Crippen LogP contribution in [0.5, 0.6) is 0 Å². The Balaban J connectivity index is 2.28. The van der Waals surface area contributed by atoms with Gasteiger partial charge in [-0.05, 0) is 29.7 Å². The van der Waals surface area contributed by atoms with Gasteiger partial charge in [0.1, 0.15) is 5.82 Å². The predicted molar refractivity (Wildman–Crippen MR) is 86.3 cm³/mol. The second-order valence-corrected chi connectivity index (χ2v) is 5.93. The minimum absolute atomic E-state index is 0.0864. The lowest BCUT2D eigenvalue weighted by atomic mass is 9.94. The van der Waals surface area contributed by atoms with E-state index in [1.807, 2.05) is 13.8 Å². The maximum Gasteiger partial charge on any atom is 0.254 e. The summed E-state index contributed by atoms with van der Waals surface area (Å²) in [6, 6.07) is 6.58. The largest absolute Gasteiger partial charge is 0.366 e. The Labute approximate surface area is 142 Å². The summed E-state index contributed by atoms with van der Waals surface area (Å²) in [6.07, 6.45) is 0. The Bertz CT molecular complexity index is 805. The third-order valence-corrected chi connectivity index (χ3v) is 3.76. The Hall–Kier alpha value is -2.83. The maximum atomic E-state index is 13.8. The average molecular weight is 350 g/mol. The molecule has 0 aliphatic heterocycles. The van der Waals surface area contributed by atoms with E-state index in [4.69, 9.17) is 5.73 Å². The Kier molecular flexibility index (Phi) is 5.46. The molecule has 132 valence electrons. The van der Waals surface area contributed by atoms with Gasteiger partial charge in [0.2, 0.25) is 5.91 Å². The van der Waals surface area contributed by atoms with Crippen molar-refractivity contribution in [1.29, 1.82) is 0 Å². The molecular weight excluding hydrogens is 333 g/mol. The van der Waals surface area contributed by atoms with E-state index in [0.717, 1.165) is 0 Å². The van der Waals surface area contributed by atoms with Crippen molar-refractivity contribution in [2.45, 2.75) is 19.9 Å². The van der Waals surface area contributed by atoms with E-state index in [9.17, 15) is 22.8 Å². The van der Waals surface area contributed by atoms with Crippen molar-refractivity contribution < 1.29 is 22.8 Å². The third-order valence-electron chi connectivity index (χ3n) is 3.76. The standard InChI is InChI=1S/C18H17F3N2O2/c1-9(2)16(10-3-5-11(6-4-10)17(22)24)23-18(25)12-7-14(20)15(21)8-13(12)19/h3-9,16H,1-2H3,(H2,22,24)(H,23,25). The van der Waals surface area contributed by atoms with Crippen molar-refractivity contribution in [2.24, 2.45) is 11.7 Å². The van der Waals surface area contributed by atoms with Crippen molar-refractivity contribution >= 4 is 11.8 Å². The van der Waals surface area contributed by atoms with Gasteiger partial charge < -0.3 is 11.1 Å². The van der Waals surface area contributed by atoms with E-state index in [-0.39, 0.29) is 5.92 Å². The molecule has 4 nitrogen and oxygen atoms in total. The van der Waals surface area contributed by atoms with Crippen molar-refractivity contribution in [2.75, 3.05) is 0 Å². The van der Waals surface area contributed by atoms with E-state index in [2.05, 4.69) is 5.32 Å². The molecule has 2 aromatic rings. The van der Waals surface area contributed by atoms with Crippen LogP contribution in [0.1, 0.15) is 46.2 Å². The Morgan fingerprint density at radius 1 is 0.960 bits per heavy atom. The van der Waals surface area contributed by atoms with Crippen LogP contribution >= 0.6 is 0 Å². The molecule has 0 fully saturated rings. The topological polar surface area (TPSA) is 72.2 Å². The molecule has 1 unspecified atom stereocenters. The molecule has 2 aromatic carbocycles. The van der Waals surface area contributed by atoms with Gasteiger partial charge in [0.15, 0.2) is 11.6 Å². The summed E-state index contributed by atoms with van der Waals surface area (Å²) in [5.41, 5.74) is 5.57. The molecule has 25 heavy (non-hydrogen) atoms.